The summed E-state index contributed by atoms with van der Waals surface area (Å²) in [6.07, 6.45) is 0. The van der Waals surface area contributed by atoms with Gasteiger partial charge in [-0.05, 0) is 61.4 Å². The van der Waals surface area contributed by atoms with Crippen molar-refractivity contribution in [2.24, 2.45) is 0 Å². The first kappa shape index (κ1) is 13.0. The lowest BCUT2D eigenvalue weighted by atomic mass is 10.1. The number of carbonyl (C=O) groups excluding carboxylic acids is 1. The van der Waals surface area contributed by atoms with E-state index in [1.165, 1.54) is 12.1 Å². The lowest BCUT2D eigenvalue weighted by Gasteiger charge is -2.10. The average Bonchev–Trinajstić information content (AvgIpc) is 2.32. The third kappa shape index (κ3) is 2.85. The zero-order valence-corrected chi connectivity index (χ0v) is 10.8. The number of phenolic OH excluding ortho intramolecular Hbond substituents is 2. The highest BCUT2D eigenvalue weighted by Crippen LogP contribution is 2.22. The molecule has 0 aliphatic heterocycles. The maximum atomic E-state index is 12.1. The molecule has 19 heavy (non-hydrogen) atoms. The van der Waals surface area contributed by atoms with Crippen molar-refractivity contribution in [3.8, 4) is 11.5 Å². The van der Waals surface area contributed by atoms with Gasteiger partial charge in [-0.25, -0.2) is 0 Å². The van der Waals surface area contributed by atoms with Crippen LogP contribution in [0.2, 0.25) is 0 Å². The second-order valence-electron chi connectivity index (χ2n) is 4.45. The first-order chi connectivity index (χ1) is 8.97. The van der Waals surface area contributed by atoms with Crippen molar-refractivity contribution in [1.82, 2.24) is 0 Å². The number of benzene rings is 2. The van der Waals surface area contributed by atoms with Crippen LogP contribution in [0.1, 0.15) is 21.5 Å². The third-order valence-corrected chi connectivity index (χ3v) is 2.91. The van der Waals surface area contributed by atoms with Crippen LogP contribution in [0.3, 0.4) is 0 Å². The summed E-state index contributed by atoms with van der Waals surface area (Å²) >= 11 is 0. The molecule has 4 heteroatoms. The van der Waals surface area contributed by atoms with Crippen molar-refractivity contribution in [3.63, 3.8) is 0 Å². The Bertz CT molecular complexity index is 635. The summed E-state index contributed by atoms with van der Waals surface area (Å²) in [6.45, 7) is 3.57. The molecule has 0 spiro atoms. The minimum atomic E-state index is -0.244. The normalized spacial score (nSPS) is 10.2. The number of phenols is 2. The minimum absolute atomic E-state index is 0.134. The molecule has 4 nitrogen and oxygen atoms in total. The Morgan fingerprint density at radius 2 is 1.53 bits per heavy atom. The van der Waals surface area contributed by atoms with Gasteiger partial charge in [0.25, 0.3) is 5.91 Å². The van der Waals surface area contributed by atoms with Gasteiger partial charge in [0, 0.05) is 11.3 Å². The van der Waals surface area contributed by atoms with Crippen LogP contribution in [-0.4, -0.2) is 16.1 Å². The van der Waals surface area contributed by atoms with Crippen LogP contribution in [0, 0.1) is 13.8 Å². The van der Waals surface area contributed by atoms with E-state index < -0.39 is 0 Å². The fourth-order valence-corrected chi connectivity index (χ4v) is 1.88. The van der Waals surface area contributed by atoms with Crippen LogP contribution in [0.25, 0.3) is 0 Å². The topological polar surface area (TPSA) is 69.6 Å². The molecule has 0 saturated heterocycles. The summed E-state index contributed by atoms with van der Waals surface area (Å²) < 4.78 is 0. The molecule has 0 aromatic heterocycles. The number of aromatic hydroxyl groups is 2. The second-order valence-corrected chi connectivity index (χ2v) is 4.45. The van der Waals surface area contributed by atoms with Crippen LogP contribution in [0.5, 0.6) is 11.5 Å². The summed E-state index contributed by atoms with van der Waals surface area (Å²) in [4.78, 5) is 12.1. The first-order valence-electron chi connectivity index (χ1n) is 5.88. The van der Waals surface area contributed by atoms with Crippen LogP contribution < -0.4 is 5.32 Å². The Morgan fingerprint density at radius 1 is 0.947 bits per heavy atom. The fraction of sp³-hybridized carbons (Fsp3) is 0.133. The molecule has 0 aliphatic rings. The zero-order valence-electron chi connectivity index (χ0n) is 10.8. The van der Waals surface area contributed by atoms with E-state index in [0.717, 1.165) is 5.56 Å². The number of carbonyl (C=O) groups is 1. The van der Waals surface area contributed by atoms with E-state index in [4.69, 9.17) is 0 Å². The molecule has 1 amide bonds. The van der Waals surface area contributed by atoms with Crippen LogP contribution in [0.4, 0.5) is 5.69 Å². The third-order valence-electron chi connectivity index (χ3n) is 2.91. The largest absolute Gasteiger partial charge is 0.508 e. The lowest BCUT2D eigenvalue weighted by Crippen LogP contribution is -2.14. The smallest absolute Gasteiger partial charge is 0.255 e. The lowest BCUT2D eigenvalue weighted by molar-refractivity contribution is 0.102. The van der Waals surface area contributed by atoms with Gasteiger partial charge in [0.1, 0.15) is 11.5 Å². The first-order valence-corrected chi connectivity index (χ1v) is 5.88. The molecule has 98 valence electrons. The summed E-state index contributed by atoms with van der Waals surface area (Å²) in [6, 6.07) is 9.35. The van der Waals surface area contributed by atoms with Gasteiger partial charge in [-0.3, -0.25) is 4.79 Å². The zero-order chi connectivity index (χ0) is 14.0. The minimum Gasteiger partial charge on any atom is -0.508 e. The van der Waals surface area contributed by atoms with Crippen molar-refractivity contribution in [3.05, 3.63) is 53.1 Å². The summed E-state index contributed by atoms with van der Waals surface area (Å²) in [5, 5.41) is 21.4. The average molecular weight is 257 g/mol. The highest BCUT2D eigenvalue weighted by atomic mass is 16.3. The number of amides is 1. The predicted octanol–water partition coefficient (Wildman–Crippen LogP) is 2.97. The molecule has 2 aromatic rings. The van der Waals surface area contributed by atoms with Crippen LogP contribution in [-0.2, 0) is 0 Å². The molecule has 0 atom stereocenters. The van der Waals surface area contributed by atoms with E-state index in [1.807, 2.05) is 0 Å². The van der Waals surface area contributed by atoms with Gasteiger partial charge >= 0.3 is 0 Å². The molecule has 2 rings (SSSR count). The molecule has 0 fully saturated rings. The van der Waals surface area contributed by atoms with E-state index in [-0.39, 0.29) is 17.4 Å². The van der Waals surface area contributed by atoms with Gasteiger partial charge in [-0.2, -0.15) is 0 Å². The van der Waals surface area contributed by atoms with E-state index in [0.29, 0.717) is 16.8 Å². The summed E-state index contributed by atoms with van der Waals surface area (Å²) in [5.41, 5.74) is 2.64. The van der Waals surface area contributed by atoms with Crippen LogP contribution in [0.15, 0.2) is 36.4 Å². The molecule has 3 N–H and O–H groups in total. The Labute approximate surface area is 111 Å². The second kappa shape index (κ2) is 5.02. The Balaban J connectivity index is 2.25. The number of anilines is 1. The van der Waals surface area contributed by atoms with Gasteiger partial charge in [-0.1, -0.05) is 0 Å². The van der Waals surface area contributed by atoms with Gasteiger partial charge in [0.15, 0.2) is 0 Å². The number of hydrogen-bond donors (Lipinski definition) is 3. The molecular formula is C15H15NO3. The molecular weight excluding hydrogens is 242 g/mol. The molecule has 0 radical (unpaired) electrons. The van der Waals surface area contributed by atoms with E-state index in [2.05, 4.69) is 5.32 Å². The van der Waals surface area contributed by atoms with Gasteiger partial charge < -0.3 is 15.5 Å². The van der Waals surface area contributed by atoms with E-state index in [9.17, 15) is 15.0 Å². The molecule has 2 aromatic carbocycles. The van der Waals surface area contributed by atoms with E-state index >= 15 is 0 Å². The van der Waals surface area contributed by atoms with Gasteiger partial charge in [0.05, 0.1) is 0 Å². The van der Waals surface area contributed by atoms with Crippen molar-refractivity contribution in [2.45, 2.75) is 13.8 Å². The Hall–Kier alpha value is -2.49. The highest BCUT2D eigenvalue weighted by Gasteiger charge is 2.11. The van der Waals surface area contributed by atoms with Crippen molar-refractivity contribution < 1.29 is 15.0 Å². The number of nitrogens with one attached hydrogen (secondary N) is 1. The predicted molar refractivity (Wildman–Crippen MR) is 73.6 cm³/mol. The summed E-state index contributed by atoms with van der Waals surface area (Å²) in [5.74, 6) is 0.0532. The number of rotatable bonds is 2. The van der Waals surface area contributed by atoms with Crippen LogP contribution >= 0.6 is 0 Å². The maximum absolute atomic E-state index is 12.1. The SMILES string of the molecule is Cc1cc(O)ccc1NC(=O)c1ccc(O)cc1C. The van der Waals surface area contributed by atoms with Gasteiger partial charge in [0.2, 0.25) is 0 Å². The summed E-state index contributed by atoms with van der Waals surface area (Å²) in [7, 11) is 0. The Morgan fingerprint density at radius 3 is 2.11 bits per heavy atom. The molecule has 0 bridgehead atoms. The Kier molecular flexibility index (Phi) is 3.42. The van der Waals surface area contributed by atoms with Gasteiger partial charge in [-0.15, -0.1) is 0 Å². The fourth-order valence-electron chi connectivity index (χ4n) is 1.88. The van der Waals surface area contributed by atoms with Crippen molar-refractivity contribution >= 4 is 11.6 Å². The molecule has 0 saturated carbocycles. The van der Waals surface area contributed by atoms with Crippen molar-refractivity contribution in [2.75, 3.05) is 5.32 Å². The quantitative estimate of drug-likeness (QED) is 0.724. The standard InChI is InChI=1S/C15H15NO3/c1-9-7-11(17)3-5-13(9)15(19)16-14-6-4-12(18)8-10(14)2/h3-8,17-18H,1-2H3,(H,16,19). The monoisotopic (exact) mass is 257 g/mol. The highest BCUT2D eigenvalue weighted by molar-refractivity contribution is 6.05. The molecule has 0 unspecified atom stereocenters. The van der Waals surface area contributed by atoms with E-state index in [1.54, 1.807) is 38.1 Å². The number of hydrogen-bond acceptors (Lipinski definition) is 3. The number of aryl methyl sites for hydroxylation is 2. The van der Waals surface area contributed by atoms with Crippen molar-refractivity contribution in [1.29, 1.82) is 0 Å². The maximum Gasteiger partial charge on any atom is 0.255 e. The molecule has 0 aliphatic carbocycles. The molecule has 0 heterocycles.